The van der Waals surface area contributed by atoms with E-state index in [0.717, 1.165) is 0 Å². The van der Waals surface area contributed by atoms with Gasteiger partial charge >= 0.3 is 11.9 Å². The Morgan fingerprint density at radius 3 is 2.50 bits per heavy atom. The number of alkyl halides is 2. The highest BCUT2D eigenvalue weighted by molar-refractivity contribution is 5.75. The maximum atomic E-state index is 12.9. The van der Waals surface area contributed by atoms with Crippen LogP contribution in [0.1, 0.15) is 12.0 Å². The van der Waals surface area contributed by atoms with Gasteiger partial charge in [0.05, 0.1) is 14.2 Å². The lowest BCUT2D eigenvalue weighted by atomic mass is 10.0. The fraction of sp³-hybridized carbons (Fsp3) is 0.417. The SMILES string of the molecule is COc1ccc(CCC(F)(F)C(=O)O)c(OC)c1. The fourth-order valence-corrected chi connectivity index (χ4v) is 1.46. The molecule has 1 N–H and O–H groups in total. The zero-order valence-electron chi connectivity index (χ0n) is 10.1. The van der Waals surface area contributed by atoms with Crippen molar-refractivity contribution in [2.24, 2.45) is 0 Å². The van der Waals surface area contributed by atoms with E-state index in [2.05, 4.69) is 0 Å². The number of rotatable bonds is 6. The van der Waals surface area contributed by atoms with Gasteiger partial charge in [-0.2, -0.15) is 8.78 Å². The van der Waals surface area contributed by atoms with Crippen LogP contribution in [0.25, 0.3) is 0 Å². The molecule has 0 aliphatic carbocycles. The van der Waals surface area contributed by atoms with Crippen LogP contribution in [-0.2, 0) is 11.2 Å². The van der Waals surface area contributed by atoms with Crippen LogP contribution in [0.3, 0.4) is 0 Å². The second kappa shape index (κ2) is 5.66. The molecule has 0 heterocycles. The van der Waals surface area contributed by atoms with Crippen molar-refractivity contribution >= 4 is 5.97 Å². The Balaban J connectivity index is 2.82. The van der Waals surface area contributed by atoms with Crippen molar-refractivity contribution in [3.05, 3.63) is 23.8 Å². The predicted molar refractivity (Wildman–Crippen MR) is 60.4 cm³/mol. The van der Waals surface area contributed by atoms with E-state index in [0.29, 0.717) is 17.1 Å². The van der Waals surface area contributed by atoms with Crippen molar-refractivity contribution in [1.29, 1.82) is 0 Å². The van der Waals surface area contributed by atoms with E-state index in [4.69, 9.17) is 14.6 Å². The van der Waals surface area contributed by atoms with Crippen LogP contribution in [0.2, 0.25) is 0 Å². The van der Waals surface area contributed by atoms with E-state index < -0.39 is 18.3 Å². The number of aliphatic carboxylic acids is 1. The number of ether oxygens (including phenoxy) is 2. The predicted octanol–water partition coefficient (Wildman–Crippen LogP) is 2.36. The van der Waals surface area contributed by atoms with Crippen molar-refractivity contribution in [2.45, 2.75) is 18.8 Å². The van der Waals surface area contributed by atoms with Gasteiger partial charge in [-0.1, -0.05) is 6.07 Å². The maximum absolute atomic E-state index is 12.9. The largest absolute Gasteiger partial charge is 0.497 e. The lowest BCUT2D eigenvalue weighted by molar-refractivity contribution is -0.165. The number of hydrogen-bond acceptors (Lipinski definition) is 3. The molecule has 0 saturated heterocycles. The number of carbonyl (C=O) groups is 1. The van der Waals surface area contributed by atoms with E-state index in [1.54, 1.807) is 18.2 Å². The third-order valence-electron chi connectivity index (χ3n) is 2.52. The Labute approximate surface area is 103 Å². The quantitative estimate of drug-likeness (QED) is 0.853. The third kappa shape index (κ3) is 3.32. The average molecular weight is 260 g/mol. The normalized spacial score (nSPS) is 11.1. The number of benzene rings is 1. The monoisotopic (exact) mass is 260 g/mol. The Morgan fingerprint density at radius 2 is 2.00 bits per heavy atom. The number of hydrogen-bond donors (Lipinski definition) is 1. The van der Waals surface area contributed by atoms with Gasteiger partial charge in [0.1, 0.15) is 11.5 Å². The standard InChI is InChI=1S/C12H14F2O4/c1-17-9-4-3-8(10(7-9)18-2)5-6-12(13,14)11(15)16/h3-4,7H,5-6H2,1-2H3,(H,15,16). The zero-order chi connectivity index (χ0) is 13.8. The zero-order valence-corrected chi connectivity index (χ0v) is 10.1. The number of carboxylic acids is 1. The minimum atomic E-state index is -3.73. The molecule has 6 heteroatoms. The smallest absolute Gasteiger partial charge is 0.374 e. The van der Waals surface area contributed by atoms with Crippen molar-refractivity contribution < 1.29 is 28.2 Å². The first kappa shape index (κ1) is 14.2. The molecule has 4 nitrogen and oxygen atoms in total. The first-order chi connectivity index (χ1) is 8.40. The summed E-state index contributed by atoms with van der Waals surface area (Å²) in [4.78, 5) is 10.3. The van der Waals surface area contributed by atoms with E-state index in [1.165, 1.54) is 14.2 Å². The summed E-state index contributed by atoms with van der Waals surface area (Å²) in [6, 6.07) is 4.75. The average Bonchev–Trinajstić information content (AvgIpc) is 2.35. The molecule has 0 amide bonds. The van der Waals surface area contributed by atoms with Gasteiger partial charge in [0.2, 0.25) is 0 Å². The fourth-order valence-electron chi connectivity index (χ4n) is 1.46. The number of aryl methyl sites for hydroxylation is 1. The molecule has 100 valence electrons. The third-order valence-corrected chi connectivity index (χ3v) is 2.52. The summed E-state index contributed by atoms with van der Waals surface area (Å²) in [6.07, 6.45) is -0.864. The van der Waals surface area contributed by atoms with Crippen molar-refractivity contribution in [3.8, 4) is 11.5 Å². The van der Waals surface area contributed by atoms with Gasteiger partial charge < -0.3 is 14.6 Å². The second-order valence-corrected chi connectivity index (χ2v) is 3.69. The van der Waals surface area contributed by atoms with Gasteiger partial charge in [0, 0.05) is 12.5 Å². The number of methoxy groups -OCH3 is 2. The van der Waals surface area contributed by atoms with Crippen LogP contribution in [0, 0.1) is 0 Å². The van der Waals surface area contributed by atoms with E-state index in [-0.39, 0.29) is 6.42 Å². The van der Waals surface area contributed by atoms with Gasteiger partial charge in [-0.3, -0.25) is 0 Å². The molecule has 1 aromatic carbocycles. The molecule has 1 aromatic rings. The molecule has 0 fully saturated rings. The summed E-state index contributed by atoms with van der Waals surface area (Å²) in [5.41, 5.74) is 0.513. The van der Waals surface area contributed by atoms with Gasteiger partial charge in [-0.05, 0) is 18.1 Å². The Kier molecular flexibility index (Phi) is 4.47. The van der Waals surface area contributed by atoms with Crippen LogP contribution in [0.5, 0.6) is 11.5 Å². The van der Waals surface area contributed by atoms with Crippen LogP contribution >= 0.6 is 0 Å². The molecule has 0 aliphatic heterocycles. The number of carboxylic acid groups (broad SMARTS) is 1. The van der Waals surface area contributed by atoms with Gasteiger partial charge in [0.25, 0.3) is 0 Å². The molecule has 0 unspecified atom stereocenters. The molecule has 0 aliphatic rings. The summed E-state index contributed by atoms with van der Waals surface area (Å²) in [5.74, 6) is -4.91. The highest BCUT2D eigenvalue weighted by Crippen LogP contribution is 2.28. The van der Waals surface area contributed by atoms with Gasteiger partial charge in [0.15, 0.2) is 0 Å². The van der Waals surface area contributed by atoms with E-state index in [1.807, 2.05) is 0 Å². The van der Waals surface area contributed by atoms with E-state index in [9.17, 15) is 13.6 Å². The molecule has 0 saturated carbocycles. The summed E-state index contributed by atoms with van der Waals surface area (Å²) in [6.45, 7) is 0. The lowest BCUT2D eigenvalue weighted by Crippen LogP contribution is -2.28. The number of halogens is 2. The van der Waals surface area contributed by atoms with E-state index >= 15 is 0 Å². The highest BCUT2D eigenvalue weighted by atomic mass is 19.3. The van der Waals surface area contributed by atoms with Crippen LogP contribution in [0.15, 0.2) is 18.2 Å². The first-order valence-electron chi connectivity index (χ1n) is 5.23. The molecular formula is C12H14F2O4. The van der Waals surface area contributed by atoms with Crippen LogP contribution in [-0.4, -0.2) is 31.2 Å². The van der Waals surface area contributed by atoms with Crippen LogP contribution < -0.4 is 9.47 Å². The molecule has 0 radical (unpaired) electrons. The maximum Gasteiger partial charge on any atom is 0.374 e. The second-order valence-electron chi connectivity index (χ2n) is 3.69. The summed E-state index contributed by atoms with van der Waals surface area (Å²) < 4.78 is 35.9. The summed E-state index contributed by atoms with van der Waals surface area (Å²) in [7, 11) is 2.89. The Bertz CT molecular complexity index is 432. The Hall–Kier alpha value is -1.85. The molecule has 0 spiro atoms. The minimum absolute atomic E-state index is 0.0908. The van der Waals surface area contributed by atoms with Crippen molar-refractivity contribution in [1.82, 2.24) is 0 Å². The molecule has 0 bridgehead atoms. The van der Waals surface area contributed by atoms with Crippen LogP contribution in [0.4, 0.5) is 8.78 Å². The van der Waals surface area contributed by atoms with Gasteiger partial charge in [-0.15, -0.1) is 0 Å². The van der Waals surface area contributed by atoms with Crippen molar-refractivity contribution in [2.75, 3.05) is 14.2 Å². The molecule has 0 atom stereocenters. The summed E-state index contributed by atoms with van der Waals surface area (Å²) in [5, 5.41) is 8.33. The molecule has 1 rings (SSSR count). The molecule has 0 aromatic heterocycles. The van der Waals surface area contributed by atoms with Gasteiger partial charge in [-0.25, -0.2) is 4.79 Å². The summed E-state index contributed by atoms with van der Waals surface area (Å²) >= 11 is 0. The minimum Gasteiger partial charge on any atom is -0.497 e. The first-order valence-corrected chi connectivity index (χ1v) is 5.23. The molecular weight excluding hydrogens is 246 g/mol. The highest BCUT2D eigenvalue weighted by Gasteiger charge is 2.38. The lowest BCUT2D eigenvalue weighted by Gasteiger charge is -2.13. The Morgan fingerprint density at radius 1 is 1.33 bits per heavy atom. The topological polar surface area (TPSA) is 55.8 Å². The molecule has 18 heavy (non-hydrogen) atoms. The van der Waals surface area contributed by atoms with Crippen molar-refractivity contribution in [3.63, 3.8) is 0 Å².